The summed E-state index contributed by atoms with van der Waals surface area (Å²) in [5.74, 6) is 0.195. The van der Waals surface area contributed by atoms with Gasteiger partial charge in [0.1, 0.15) is 6.61 Å². The molecule has 3 atom stereocenters. The number of halogens is 2. The molecule has 0 aromatic rings. The average Bonchev–Trinajstić information content (AvgIpc) is 2.03. The minimum atomic E-state index is -0.843. The van der Waals surface area contributed by atoms with E-state index in [4.69, 9.17) is 23.2 Å². The topological polar surface area (TPSA) is 19.9 Å². The number of hydrogen-bond donors (Lipinski definition) is 0. The smallest absolute Gasteiger partial charge is 0.103 e. The number of hydrogen-bond acceptors (Lipinski definition) is 0. The Morgan fingerprint density at radius 2 is 2.17 bits per heavy atom. The van der Waals surface area contributed by atoms with Crippen molar-refractivity contribution in [2.75, 3.05) is 6.61 Å². The first-order chi connectivity index (χ1) is 5.45. The first-order valence-electron chi connectivity index (χ1n) is 3.97. The second kappa shape index (κ2) is 5.11. The third-order valence-electron chi connectivity index (χ3n) is 1.90. The van der Waals surface area contributed by atoms with Crippen molar-refractivity contribution in [3.63, 3.8) is 0 Å². The molecule has 0 aliphatic heterocycles. The minimum Gasteiger partial charge on any atom is -0.235 e. The van der Waals surface area contributed by atoms with Crippen molar-refractivity contribution in [2.24, 2.45) is 5.92 Å². The van der Waals surface area contributed by atoms with E-state index < -0.39 is 4.87 Å². The largest absolute Gasteiger partial charge is 0.235 e. The summed E-state index contributed by atoms with van der Waals surface area (Å²) in [7, 11) is 0. The monoisotopic (exact) mass is 209 g/mol. The van der Waals surface area contributed by atoms with E-state index in [-0.39, 0.29) is 17.9 Å². The lowest BCUT2D eigenvalue weighted by Crippen LogP contribution is -2.37. The van der Waals surface area contributed by atoms with Crippen molar-refractivity contribution in [2.45, 2.75) is 30.5 Å². The van der Waals surface area contributed by atoms with Crippen LogP contribution < -0.4 is 0 Å². The standard InChI is InChI=1S/C9H15Cl2O/c1-4-5-7(2)8(10)9(3,11)6-12/h4,7-8H,1,5-6H2,2-3H3. The molecule has 1 nitrogen and oxygen atoms in total. The highest BCUT2D eigenvalue weighted by atomic mass is 35.5. The first kappa shape index (κ1) is 12.3. The molecule has 0 spiro atoms. The molecular formula is C9H15Cl2O. The van der Waals surface area contributed by atoms with Gasteiger partial charge in [0.25, 0.3) is 0 Å². The third kappa shape index (κ3) is 3.34. The molecule has 0 aliphatic rings. The average molecular weight is 210 g/mol. The van der Waals surface area contributed by atoms with E-state index in [9.17, 15) is 5.11 Å². The summed E-state index contributed by atoms with van der Waals surface area (Å²) in [4.78, 5) is -0.843. The predicted molar refractivity (Wildman–Crippen MR) is 53.4 cm³/mol. The maximum Gasteiger partial charge on any atom is 0.103 e. The van der Waals surface area contributed by atoms with Crippen molar-refractivity contribution < 1.29 is 5.11 Å². The van der Waals surface area contributed by atoms with Gasteiger partial charge in [-0.15, -0.1) is 29.8 Å². The van der Waals surface area contributed by atoms with E-state index in [2.05, 4.69) is 6.58 Å². The Morgan fingerprint density at radius 1 is 1.67 bits per heavy atom. The second-order valence-electron chi connectivity index (χ2n) is 3.33. The van der Waals surface area contributed by atoms with Gasteiger partial charge in [-0.2, -0.15) is 0 Å². The highest BCUT2D eigenvalue weighted by Crippen LogP contribution is 2.31. The Labute approximate surface area is 84.4 Å². The lowest BCUT2D eigenvalue weighted by Gasteiger charge is -2.28. The Morgan fingerprint density at radius 3 is 2.50 bits per heavy atom. The number of rotatable bonds is 5. The first-order valence-corrected chi connectivity index (χ1v) is 4.79. The summed E-state index contributed by atoms with van der Waals surface area (Å²) in [5.41, 5.74) is 0. The maximum absolute atomic E-state index is 10.7. The SMILES string of the molecule is C=CCC(C)C(Cl)C(C)(Cl)C[O]. The van der Waals surface area contributed by atoms with Crippen LogP contribution in [-0.4, -0.2) is 16.9 Å². The van der Waals surface area contributed by atoms with Crippen LogP contribution in [0.1, 0.15) is 20.3 Å². The Bertz CT molecular complexity index is 145. The van der Waals surface area contributed by atoms with Gasteiger partial charge in [-0.25, -0.2) is 5.11 Å². The van der Waals surface area contributed by atoms with Crippen LogP contribution in [-0.2, 0) is 5.11 Å². The van der Waals surface area contributed by atoms with Crippen molar-refractivity contribution >= 4 is 23.2 Å². The van der Waals surface area contributed by atoms with Crippen LogP contribution >= 0.6 is 23.2 Å². The zero-order chi connectivity index (χ0) is 9.78. The molecule has 12 heavy (non-hydrogen) atoms. The lowest BCUT2D eigenvalue weighted by molar-refractivity contribution is 0.153. The van der Waals surface area contributed by atoms with Crippen LogP contribution in [0.25, 0.3) is 0 Å². The molecule has 0 amide bonds. The van der Waals surface area contributed by atoms with Gasteiger partial charge in [-0.1, -0.05) is 13.0 Å². The van der Waals surface area contributed by atoms with Gasteiger partial charge in [0.15, 0.2) is 0 Å². The zero-order valence-corrected chi connectivity index (χ0v) is 9.03. The summed E-state index contributed by atoms with van der Waals surface area (Å²) in [6, 6.07) is 0. The van der Waals surface area contributed by atoms with Crippen molar-refractivity contribution in [1.29, 1.82) is 0 Å². The fraction of sp³-hybridized carbons (Fsp3) is 0.778. The van der Waals surface area contributed by atoms with E-state index in [0.717, 1.165) is 6.42 Å². The Balaban J connectivity index is 4.16. The van der Waals surface area contributed by atoms with Gasteiger partial charge in [0.05, 0.1) is 10.3 Å². The van der Waals surface area contributed by atoms with Crippen LogP contribution in [0.4, 0.5) is 0 Å². The zero-order valence-electron chi connectivity index (χ0n) is 7.52. The predicted octanol–water partition coefficient (Wildman–Crippen LogP) is 3.23. The van der Waals surface area contributed by atoms with Gasteiger partial charge < -0.3 is 0 Å². The molecular weight excluding hydrogens is 195 g/mol. The molecule has 0 aliphatic carbocycles. The minimum absolute atomic E-state index is 0.195. The second-order valence-corrected chi connectivity index (χ2v) is 4.66. The molecule has 0 aromatic carbocycles. The summed E-state index contributed by atoms with van der Waals surface area (Å²) in [5, 5.41) is 10.4. The molecule has 0 bridgehead atoms. The van der Waals surface area contributed by atoms with Crippen LogP contribution in [0.5, 0.6) is 0 Å². The molecule has 1 radical (unpaired) electrons. The lowest BCUT2D eigenvalue weighted by atomic mass is 9.94. The Kier molecular flexibility index (Phi) is 5.22. The van der Waals surface area contributed by atoms with Gasteiger partial charge in [0.2, 0.25) is 0 Å². The summed E-state index contributed by atoms with van der Waals surface area (Å²) < 4.78 is 0. The fourth-order valence-corrected chi connectivity index (χ4v) is 1.44. The summed E-state index contributed by atoms with van der Waals surface area (Å²) in [6.45, 7) is 6.90. The molecule has 0 fully saturated rings. The van der Waals surface area contributed by atoms with Crippen LogP contribution in [0.2, 0.25) is 0 Å². The maximum atomic E-state index is 10.7. The molecule has 3 heteroatoms. The van der Waals surface area contributed by atoms with Crippen LogP contribution in [0, 0.1) is 5.92 Å². The van der Waals surface area contributed by atoms with Crippen molar-refractivity contribution in [3.8, 4) is 0 Å². The molecule has 0 saturated heterocycles. The van der Waals surface area contributed by atoms with E-state index in [1.54, 1.807) is 13.0 Å². The number of alkyl halides is 2. The van der Waals surface area contributed by atoms with Crippen LogP contribution in [0.3, 0.4) is 0 Å². The highest BCUT2D eigenvalue weighted by molar-refractivity contribution is 6.32. The molecule has 0 rings (SSSR count). The van der Waals surface area contributed by atoms with Crippen molar-refractivity contribution in [1.82, 2.24) is 0 Å². The molecule has 0 saturated carbocycles. The molecule has 71 valence electrons. The number of allylic oxidation sites excluding steroid dienone is 1. The normalized spacial score (nSPS) is 21.1. The third-order valence-corrected chi connectivity index (χ3v) is 3.26. The van der Waals surface area contributed by atoms with Gasteiger partial charge in [-0.3, -0.25) is 0 Å². The van der Waals surface area contributed by atoms with Gasteiger partial charge >= 0.3 is 0 Å². The molecule has 0 heterocycles. The van der Waals surface area contributed by atoms with Gasteiger partial charge in [0, 0.05) is 0 Å². The molecule has 0 aromatic heterocycles. The quantitative estimate of drug-likeness (QED) is 0.490. The van der Waals surface area contributed by atoms with Gasteiger partial charge in [-0.05, 0) is 19.3 Å². The van der Waals surface area contributed by atoms with E-state index in [1.165, 1.54) is 0 Å². The molecule has 3 unspecified atom stereocenters. The molecule has 0 N–H and O–H groups in total. The fourth-order valence-electron chi connectivity index (χ4n) is 1.06. The van der Waals surface area contributed by atoms with E-state index in [0.29, 0.717) is 0 Å². The van der Waals surface area contributed by atoms with E-state index >= 15 is 0 Å². The highest BCUT2D eigenvalue weighted by Gasteiger charge is 2.33. The summed E-state index contributed by atoms with van der Waals surface area (Å²) >= 11 is 11.9. The Hall–Kier alpha value is 0.280. The summed E-state index contributed by atoms with van der Waals surface area (Å²) in [6.07, 6.45) is 2.58. The van der Waals surface area contributed by atoms with E-state index in [1.807, 2.05) is 6.92 Å². The van der Waals surface area contributed by atoms with Crippen LogP contribution in [0.15, 0.2) is 12.7 Å². The van der Waals surface area contributed by atoms with Crippen molar-refractivity contribution in [3.05, 3.63) is 12.7 Å².